The summed E-state index contributed by atoms with van der Waals surface area (Å²) >= 11 is 12.2. The van der Waals surface area contributed by atoms with Crippen molar-refractivity contribution in [3.05, 3.63) is 62.9 Å². The molecule has 0 amide bonds. The lowest BCUT2D eigenvalue weighted by Crippen LogP contribution is -2.19. The molecule has 0 fully saturated rings. The molecule has 2 rings (SSSR count). The number of pyridine rings is 1. The molecule has 0 radical (unpaired) electrons. The molecule has 0 aliphatic heterocycles. The Hall–Kier alpha value is -1.09. The molecular weight excluding hydrogens is 291 g/mol. The van der Waals surface area contributed by atoms with Crippen molar-refractivity contribution in [1.82, 2.24) is 10.3 Å². The van der Waals surface area contributed by atoms with Crippen molar-refractivity contribution in [2.45, 2.75) is 26.3 Å². The van der Waals surface area contributed by atoms with Gasteiger partial charge in [0.2, 0.25) is 0 Å². The summed E-state index contributed by atoms with van der Waals surface area (Å²) in [6.45, 7) is 4.02. The molecule has 1 aromatic carbocycles. The van der Waals surface area contributed by atoms with Gasteiger partial charge in [-0.05, 0) is 62.7 Å². The molecule has 0 aliphatic rings. The highest BCUT2D eigenvalue weighted by Crippen LogP contribution is 2.26. The van der Waals surface area contributed by atoms with Crippen LogP contribution in [-0.4, -0.2) is 12.0 Å². The van der Waals surface area contributed by atoms with E-state index in [0.29, 0.717) is 10.0 Å². The largest absolute Gasteiger partial charge is 0.313 e. The van der Waals surface area contributed by atoms with Gasteiger partial charge in [0.15, 0.2) is 0 Å². The van der Waals surface area contributed by atoms with Crippen LogP contribution >= 0.6 is 23.2 Å². The fourth-order valence-corrected chi connectivity index (χ4v) is 2.85. The molecule has 0 saturated heterocycles. The summed E-state index contributed by atoms with van der Waals surface area (Å²) in [7, 11) is 1.96. The van der Waals surface area contributed by atoms with E-state index in [1.54, 1.807) is 6.07 Å². The van der Waals surface area contributed by atoms with Gasteiger partial charge >= 0.3 is 0 Å². The van der Waals surface area contributed by atoms with Crippen molar-refractivity contribution in [3.8, 4) is 0 Å². The van der Waals surface area contributed by atoms with Crippen LogP contribution in [0.2, 0.25) is 10.0 Å². The lowest BCUT2D eigenvalue weighted by Gasteiger charge is -2.18. The number of halogens is 2. The number of rotatable bonds is 4. The molecule has 1 atom stereocenters. The van der Waals surface area contributed by atoms with E-state index in [4.69, 9.17) is 23.2 Å². The van der Waals surface area contributed by atoms with Crippen LogP contribution in [0.1, 0.15) is 28.6 Å². The monoisotopic (exact) mass is 308 g/mol. The number of likely N-dealkylation sites (N-methyl/N-ethyl adjacent to an activating group) is 1. The van der Waals surface area contributed by atoms with Crippen LogP contribution in [0.3, 0.4) is 0 Å². The normalized spacial score (nSPS) is 12.4. The first-order valence-corrected chi connectivity index (χ1v) is 7.31. The van der Waals surface area contributed by atoms with E-state index in [-0.39, 0.29) is 6.04 Å². The van der Waals surface area contributed by atoms with Crippen molar-refractivity contribution in [1.29, 1.82) is 0 Å². The first kappa shape index (κ1) is 15.3. The van der Waals surface area contributed by atoms with Gasteiger partial charge in [0, 0.05) is 27.5 Å². The second-order valence-electron chi connectivity index (χ2n) is 4.96. The number of aromatic nitrogens is 1. The van der Waals surface area contributed by atoms with Crippen molar-refractivity contribution in [2.24, 2.45) is 0 Å². The van der Waals surface area contributed by atoms with Gasteiger partial charge in [0.05, 0.1) is 0 Å². The number of nitrogens with one attached hydrogen (secondary N) is 1. The molecule has 106 valence electrons. The second kappa shape index (κ2) is 6.57. The lowest BCUT2D eigenvalue weighted by molar-refractivity contribution is 0.590. The Bertz CT molecular complexity index is 591. The summed E-state index contributed by atoms with van der Waals surface area (Å²) in [5, 5.41) is 4.71. The molecule has 1 unspecified atom stereocenters. The minimum Gasteiger partial charge on any atom is -0.313 e. The molecule has 0 saturated carbocycles. The number of aryl methyl sites for hydroxylation is 2. The van der Waals surface area contributed by atoms with Crippen molar-refractivity contribution >= 4 is 23.2 Å². The van der Waals surface area contributed by atoms with E-state index in [9.17, 15) is 0 Å². The molecule has 0 bridgehead atoms. The summed E-state index contributed by atoms with van der Waals surface area (Å²) in [5.74, 6) is 0. The van der Waals surface area contributed by atoms with E-state index in [1.807, 2.05) is 33.0 Å². The van der Waals surface area contributed by atoms with Gasteiger partial charge in [0.25, 0.3) is 0 Å². The van der Waals surface area contributed by atoms with Crippen molar-refractivity contribution < 1.29 is 0 Å². The minimum absolute atomic E-state index is 0.203. The average Bonchev–Trinajstić information content (AvgIpc) is 2.36. The Morgan fingerprint density at radius 1 is 1.10 bits per heavy atom. The first-order valence-electron chi connectivity index (χ1n) is 6.56. The SMILES string of the molecule is CNC(Cc1ccc(Cl)cc1Cl)c1cc(C)nc(C)c1. The fourth-order valence-electron chi connectivity index (χ4n) is 2.36. The maximum atomic E-state index is 6.26. The summed E-state index contributed by atoms with van der Waals surface area (Å²) in [4.78, 5) is 4.42. The predicted octanol–water partition coefficient (Wildman–Crippen LogP) is 4.51. The maximum absolute atomic E-state index is 6.26. The maximum Gasteiger partial charge on any atom is 0.0453 e. The Balaban J connectivity index is 2.28. The van der Waals surface area contributed by atoms with Crippen LogP contribution in [0.5, 0.6) is 0 Å². The zero-order valence-corrected chi connectivity index (χ0v) is 13.4. The van der Waals surface area contributed by atoms with Crippen LogP contribution in [0.25, 0.3) is 0 Å². The Labute approximate surface area is 130 Å². The highest BCUT2D eigenvalue weighted by atomic mass is 35.5. The Morgan fingerprint density at radius 2 is 1.75 bits per heavy atom. The summed E-state index contributed by atoms with van der Waals surface area (Å²) < 4.78 is 0. The van der Waals surface area contributed by atoms with Gasteiger partial charge in [-0.15, -0.1) is 0 Å². The molecule has 1 N–H and O–H groups in total. The van der Waals surface area contributed by atoms with Crippen LogP contribution < -0.4 is 5.32 Å². The van der Waals surface area contributed by atoms with Gasteiger partial charge in [-0.2, -0.15) is 0 Å². The molecule has 1 aromatic heterocycles. The summed E-state index contributed by atoms with van der Waals surface area (Å²) in [6, 6.07) is 10.1. The zero-order chi connectivity index (χ0) is 14.7. The molecule has 4 heteroatoms. The summed E-state index contributed by atoms with van der Waals surface area (Å²) in [6.07, 6.45) is 0.815. The zero-order valence-electron chi connectivity index (χ0n) is 11.9. The third-order valence-electron chi connectivity index (χ3n) is 3.29. The molecule has 20 heavy (non-hydrogen) atoms. The molecule has 0 aliphatic carbocycles. The third-order valence-corrected chi connectivity index (χ3v) is 3.88. The van der Waals surface area contributed by atoms with Gasteiger partial charge in [-0.1, -0.05) is 29.3 Å². The van der Waals surface area contributed by atoms with E-state index < -0.39 is 0 Å². The number of benzene rings is 1. The average molecular weight is 309 g/mol. The van der Waals surface area contributed by atoms with Gasteiger partial charge in [-0.3, -0.25) is 4.98 Å². The number of hydrogen-bond donors (Lipinski definition) is 1. The second-order valence-corrected chi connectivity index (χ2v) is 5.81. The number of nitrogens with zero attached hydrogens (tertiary/aromatic N) is 1. The van der Waals surface area contributed by atoms with Crippen molar-refractivity contribution in [2.75, 3.05) is 7.05 Å². The highest BCUT2D eigenvalue weighted by Gasteiger charge is 2.13. The molecule has 1 heterocycles. The topological polar surface area (TPSA) is 24.9 Å². The van der Waals surface area contributed by atoms with Gasteiger partial charge < -0.3 is 5.32 Å². The standard InChI is InChI=1S/C16H18Cl2N2/c1-10-6-13(7-11(2)20-10)16(19-3)8-12-4-5-14(17)9-15(12)18/h4-7,9,16,19H,8H2,1-3H3. The van der Waals surface area contributed by atoms with E-state index in [0.717, 1.165) is 23.4 Å². The van der Waals surface area contributed by atoms with Crippen LogP contribution in [0.4, 0.5) is 0 Å². The van der Waals surface area contributed by atoms with Crippen LogP contribution in [-0.2, 0) is 6.42 Å². The molecule has 0 spiro atoms. The minimum atomic E-state index is 0.203. The van der Waals surface area contributed by atoms with Crippen LogP contribution in [0.15, 0.2) is 30.3 Å². The lowest BCUT2D eigenvalue weighted by atomic mass is 9.98. The van der Waals surface area contributed by atoms with E-state index in [2.05, 4.69) is 22.4 Å². The highest BCUT2D eigenvalue weighted by molar-refractivity contribution is 6.35. The quantitative estimate of drug-likeness (QED) is 0.899. The van der Waals surface area contributed by atoms with E-state index >= 15 is 0 Å². The van der Waals surface area contributed by atoms with Gasteiger partial charge in [0.1, 0.15) is 0 Å². The Morgan fingerprint density at radius 3 is 2.30 bits per heavy atom. The first-order chi connectivity index (χ1) is 9.49. The van der Waals surface area contributed by atoms with Crippen molar-refractivity contribution in [3.63, 3.8) is 0 Å². The predicted molar refractivity (Wildman–Crippen MR) is 85.7 cm³/mol. The smallest absolute Gasteiger partial charge is 0.0453 e. The fraction of sp³-hybridized carbons (Fsp3) is 0.312. The third kappa shape index (κ3) is 3.72. The van der Waals surface area contributed by atoms with E-state index in [1.165, 1.54) is 5.56 Å². The molecular formula is C16H18Cl2N2. The van der Waals surface area contributed by atoms with Crippen LogP contribution in [0, 0.1) is 13.8 Å². The molecule has 2 aromatic rings. The van der Waals surface area contributed by atoms with Gasteiger partial charge in [-0.25, -0.2) is 0 Å². The molecule has 2 nitrogen and oxygen atoms in total. The summed E-state index contributed by atoms with van der Waals surface area (Å²) in [5.41, 5.74) is 4.37. The number of hydrogen-bond acceptors (Lipinski definition) is 2. The Kier molecular flexibility index (Phi) is 5.03.